The van der Waals surface area contributed by atoms with Gasteiger partial charge in [0.25, 0.3) is 0 Å². The van der Waals surface area contributed by atoms with Crippen LogP contribution in [0.15, 0.2) is 0 Å². The minimum Gasteiger partial charge on any atom is -0.375 e. The van der Waals surface area contributed by atoms with Crippen molar-refractivity contribution in [2.45, 2.75) is 56.1 Å². The number of epoxide rings is 3. The van der Waals surface area contributed by atoms with Gasteiger partial charge in [-0.1, -0.05) is 0 Å². The molecule has 3 saturated heterocycles. The Balaban J connectivity index is 1.28. The van der Waals surface area contributed by atoms with E-state index in [-0.39, 0.29) is 0 Å². The molecule has 3 aliphatic heterocycles. The third-order valence-electron chi connectivity index (χ3n) is 4.72. The second-order valence-electron chi connectivity index (χ2n) is 6.60. The molecule has 5 unspecified atom stereocenters. The lowest BCUT2D eigenvalue weighted by Crippen LogP contribution is -2.44. The van der Waals surface area contributed by atoms with Crippen molar-refractivity contribution in [3.8, 4) is 0 Å². The minimum atomic E-state index is 0.381. The van der Waals surface area contributed by atoms with Gasteiger partial charge in [0, 0.05) is 19.1 Å². The highest BCUT2D eigenvalue weighted by Crippen LogP contribution is 2.29. The molecule has 4 fully saturated rings. The lowest BCUT2D eigenvalue weighted by molar-refractivity contribution is -0.00947. The Morgan fingerprint density at radius 3 is 2.15 bits per heavy atom. The molecule has 0 radical (unpaired) electrons. The van der Waals surface area contributed by atoms with E-state index in [1.807, 2.05) is 0 Å². The fourth-order valence-electron chi connectivity index (χ4n) is 3.25. The van der Waals surface area contributed by atoms with Gasteiger partial charge in [-0.3, -0.25) is 4.90 Å². The van der Waals surface area contributed by atoms with E-state index in [0.29, 0.717) is 30.5 Å². The molecule has 0 bridgehead atoms. The predicted octanol–water partition coefficient (Wildman–Crippen LogP) is 0.813. The number of ether oxygens (including phenoxy) is 4. The molecule has 4 aliphatic rings. The van der Waals surface area contributed by atoms with Gasteiger partial charge in [0.15, 0.2) is 0 Å². The van der Waals surface area contributed by atoms with Gasteiger partial charge < -0.3 is 18.9 Å². The van der Waals surface area contributed by atoms with Gasteiger partial charge in [0.05, 0.1) is 44.7 Å². The fourth-order valence-corrected chi connectivity index (χ4v) is 3.25. The first-order chi connectivity index (χ1) is 9.87. The first-order valence-corrected chi connectivity index (χ1v) is 8.07. The van der Waals surface area contributed by atoms with Crippen LogP contribution in [0, 0.1) is 0 Å². The zero-order valence-corrected chi connectivity index (χ0v) is 12.0. The van der Waals surface area contributed by atoms with E-state index < -0.39 is 0 Å². The topological polar surface area (TPSA) is 50.1 Å². The maximum absolute atomic E-state index is 6.01. The average molecular weight is 283 g/mol. The second kappa shape index (κ2) is 5.89. The molecule has 3 heterocycles. The summed E-state index contributed by atoms with van der Waals surface area (Å²) in [5.41, 5.74) is 0. The maximum atomic E-state index is 6.01. The normalized spacial score (nSPS) is 42.8. The molecule has 114 valence electrons. The van der Waals surface area contributed by atoms with Crippen molar-refractivity contribution in [3.63, 3.8) is 0 Å². The summed E-state index contributed by atoms with van der Waals surface area (Å²) < 4.78 is 22.1. The molecular weight excluding hydrogens is 258 g/mol. The van der Waals surface area contributed by atoms with Crippen LogP contribution < -0.4 is 0 Å². The monoisotopic (exact) mass is 283 g/mol. The van der Waals surface area contributed by atoms with Crippen molar-refractivity contribution in [1.29, 1.82) is 0 Å². The van der Waals surface area contributed by atoms with Crippen molar-refractivity contribution in [3.05, 3.63) is 0 Å². The SMILES string of the molecule is C1CC(OCC2CO2)CC(N(CC2CO2)CC2CO2)C1. The summed E-state index contributed by atoms with van der Waals surface area (Å²) in [4.78, 5) is 2.60. The van der Waals surface area contributed by atoms with Crippen molar-refractivity contribution in [1.82, 2.24) is 4.90 Å². The van der Waals surface area contributed by atoms with Gasteiger partial charge in [0.1, 0.15) is 6.10 Å². The Bertz CT molecular complexity index is 314. The van der Waals surface area contributed by atoms with Crippen LogP contribution in [0.1, 0.15) is 25.7 Å². The highest BCUT2D eigenvalue weighted by molar-refractivity contribution is 4.88. The van der Waals surface area contributed by atoms with Crippen molar-refractivity contribution in [2.75, 3.05) is 39.5 Å². The van der Waals surface area contributed by atoms with Crippen molar-refractivity contribution < 1.29 is 18.9 Å². The van der Waals surface area contributed by atoms with Crippen molar-refractivity contribution >= 4 is 0 Å². The van der Waals surface area contributed by atoms with Gasteiger partial charge in [-0.2, -0.15) is 0 Å². The van der Waals surface area contributed by atoms with E-state index in [9.17, 15) is 0 Å². The summed E-state index contributed by atoms with van der Waals surface area (Å²) in [5.74, 6) is 0. The summed E-state index contributed by atoms with van der Waals surface area (Å²) in [5, 5.41) is 0. The predicted molar refractivity (Wildman–Crippen MR) is 72.8 cm³/mol. The molecule has 0 amide bonds. The molecule has 4 rings (SSSR count). The maximum Gasteiger partial charge on any atom is 0.104 e. The number of nitrogens with zero attached hydrogens (tertiary/aromatic N) is 1. The van der Waals surface area contributed by atoms with Crippen LogP contribution in [0.2, 0.25) is 0 Å². The summed E-state index contributed by atoms with van der Waals surface area (Å²) in [7, 11) is 0. The molecule has 1 saturated carbocycles. The van der Waals surface area contributed by atoms with Gasteiger partial charge in [0.2, 0.25) is 0 Å². The Morgan fingerprint density at radius 2 is 1.55 bits per heavy atom. The highest BCUT2D eigenvalue weighted by Gasteiger charge is 2.36. The van der Waals surface area contributed by atoms with E-state index in [4.69, 9.17) is 18.9 Å². The van der Waals surface area contributed by atoms with E-state index in [2.05, 4.69) is 4.90 Å². The Kier molecular flexibility index (Phi) is 3.96. The molecule has 1 aliphatic carbocycles. The van der Waals surface area contributed by atoms with Crippen LogP contribution in [0.5, 0.6) is 0 Å². The van der Waals surface area contributed by atoms with Gasteiger partial charge in [-0.15, -0.1) is 0 Å². The molecule has 0 spiro atoms. The van der Waals surface area contributed by atoms with Crippen molar-refractivity contribution in [2.24, 2.45) is 0 Å². The van der Waals surface area contributed by atoms with Crippen LogP contribution >= 0.6 is 0 Å². The molecular formula is C15H25NO4. The zero-order chi connectivity index (χ0) is 13.4. The van der Waals surface area contributed by atoms with Gasteiger partial charge in [-0.25, -0.2) is 0 Å². The first kappa shape index (κ1) is 13.5. The van der Waals surface area contributed by atoms with Crippen LogP contribution in [0.4, 0.5) is 0 Å². The molecule has 5 nitrogen and oxygen atoms in total. The van der Waals surface area contributed by atoms with E-state index in [0.717, 1.165) is 45.9 Å². The molecule has 0 aromatic rings. The Morgan fingerprint density at radius 1 is 0.900 bits per heavy atom. The van der Waals surface area contributed by atoms with Crippen LogP contribution in [-0.2, 0) is 18.9 Å². The second-order valence-corrected chi connectivity index (χ2v) is 6.60. The van der Waals surface area contributed by atoms with Crippen LogP contribution in [-0.4, -0.2) is 74.9 Å². The lowest BCUT2D eigenvalue weighted by atomic mass is 9.91. The summed E-state index contributed by atoms with van der Waals surface area (Å²) >= 11 is 0. The quantitative estimate of drug-likeness (QED) is 0.617. The third-order valence-corrected chi connectivity index (χ3v) is 4.72. The van der Waals surface area contributed by atoms with Crippen LogP contribution in [0.3, 0.4) is 0 Å². The standard InChI is InChI=1S/C15H25NO4/c1-2-11(4-12(3-1)17-9-15-10-20-15)16(5-13-7-18-13)6-14-8-19-14/h11-15H,1-10H2. The number of hydrogen-bond donors (Lipinski definition) is 0. The van der Waals surface area contributed by atoms with Crippen LogP contribution in [0.25, 0.3) is 0 Å². The fraction of sp³-hybridized carbons (Fsp3) is 1.00. The smallest absolute Gasteiger partial charge is 0.104 e. The molecule has 0 N–H and O–H groups in total. The van der Waals surface area contributed by atoms with Gasteiger partial charge in [-0.05, 0) is 25.7 Å². The van der Waals surface area contributed by atoms with Gasteiger partial charge >= 0.3 is 0 Å². The lowest BCUT2D eigenvalue weighted by Gasteiger charge is -2.37. The Hall–Kier alpha value is -0.200. The van der Waals surface area contributed by atoms with E-state index in [1.54, 1.807) is 0 Å². The molecule has 5 heteroatoms. The molecule has 5 atom stereocenters. The zero-order valence-electron chi connectivity index (χ0n) is 12.0. The first-order valence-electron chi connectivity index (χ1n) is 8.07. The molecule has 20 heavy (non-hydrogen) atoms. The average Bonchev–Trinajstić information content (AvgIpc) is 3.31. The van der Waals surface area contributed by atoms with E-state index in [1.165, 1.54) is 19.3 Å². The largest absolute Gasteiger partial charge is 0.375 e. The summed E-state index contributed by atoms with van der Waals surface area (Å²) in [6.45, 7) is 5.70. The Labute approximate surface area is 120 Å². The summed E-state index contributed by atoms with van der Waals surface area (Å²) in [6, 6.07) is 0.641. The number of hydrogen-bond acceptors (Lipinski definition) is 5. The minimum absolute atomic E-state index is 0.381. The highest BCUT2D eigenvalue weighted by atomic mass is 16.6. The third kappa shape index (κ3) is 3.92. The molecule has 0 aromatic heterocycles. The summed E-state index contributed by atoms with van der Waals surface area (Å²) in [6.07, 6.45) is 6.66. The number of rotatable bonds is 8. The molecule has 0 aromatic carbocycles. The van der Waals surface area contributed by atoms with E-state index >= 15 is 0 Å².